The van der Waals surface area contributed by atoms with Gasteiger partial charge in [-0.2, -0.15) is 0 Å². The Kier molecular flexibility index (Phi) is 4.40. The fourth-order valence-electron chi connectivity index (χ4n) is 1.75. The molecule has 1 heterocycles. The molecule has 2 N–H and O–H groups in total. The smallest absolute Gasteiger partial charge is 0.336 e. The van der Waals surface area contributed by atoms with Gasteiger partial charge in [0, 0.05) is 17.0 Å². The zero-order chi connectivity index (χ0) is 15.6. The first-order chi connectivity index (χ1) is 9.81. The molecule has 0 radical (unpaired) electrons. The van der Waals surface area contributed by atoms with E-state index in [-0.39, 0.29) is 15.3 Å². The van der Waals surface area contributed by atoms with Crippen LogP contribution in [0.2, 0.25) is 0 Å². The van der Waals surface area contributed by atoms with E-state index in [0.29, 0.717) is 0 Å². The summed E-state index contributed by atoms with van der Waals surface area (Å²) in [6.45, 7) is 1.52. The molecule has 0 spiro atoms. The van der Waals surface area contributed by atoms with Gasteiger partial charge in [-0.1, -0.05) is 18.2 Å². The molecule has 2 rings (SSSR count). The van der Waals surface area contributed by atoms with Gasteiger partial charge in [-0.15, -0.1) is 11.3 Å². The zero-order valence-corrected chi connectivity index (χ0v) is 12.5. The molecule has 0 amide bonds. The van der Waals surface area contributed by atoms with Crippen LogP contribution in [0, 0.1) is 5.82 Å². The Hall–Kier alpha value is -1.77. The second kappa shape index (κ2) is 5.92. The molecule has 1 atom stereocenters. The highest BCUT2D eigenvalue weighted by Gasteiger charge is 2.22. The van der Waals surface area contributed by atoms with Crippen LogP contribution < -0.4 is 4.72 Å². The van der Waals surface area contributed by atoms with Crippen LogP contribution in [0.4, 0.5) is 4.39 Å². The molecule has 8 heteroatoms. The van der Waals surface area contributed by atoms with Gasteiger partial charge in [0.25, 0.3) is 10.0 Å². The van der Waals surface area contributed by atoms with Crippen LogP contribution in [0.5, 0.6) is 0 Å². The van der Waals surface area contributed by atoms with Crippen molar-refractivity contribution < 1.29 is 22.7 Å². The van der Waals surface area contributed by atoms with Crippen molar-refractivity contribution in [1.82, 2.24) is 4.72 Å². The standard InChI is InChI=1S/C13H12FNO4S2/c1-8(10-4-2-3-5-11(10)14)15-21(18,19)12-6-9(7-20-12)13(16)17/h2-8,15H,1H3,(H,16,17)/t8-/m1/s1. The van der Waals surface area contributed by atoms with Crippen molar-refractivity contribution in [1.29, 1.82) is 0 Å². The van der Waals surface area contributed by atoms with Crippen molar-refractivity contribution in [2.45, 2.75) is 17.2 Å². The summed E-state index contributed by atoms with van der Waals surface area (Å²) < 4.78 is 40.1. The average Bonchev–Trinajstić information content (AvgIpc) is 2.89. The quantitative estimate of drug-likeness (QED) is 0.883. The normalized spacial score (nSPS) is 13.0. The van der Waals surface area contributed by atoms with E-state index in [9.17, 15) is 17.6 Å². The SMILES string of the molecule is C[C@@H](NS(=O)(=O)c1cc(C(=O)O)cs1)c1ccccc1F. The first-order valence-electron chi connectivity index (χ1n) is 5.90. The van der Waals surface area contributed by atoms with Gasteiger partial charge in [0.1, 0.15) is 10.0 Å². The summed E-state index contributed by atoms with van der Waals surface area (Å²) in [4.78, 5) is 10.8. The third-order valence-electron chi connectivity index (χ3n) is 2.79. The molecule has 0 aliphatic heterocycles. The first-order valence-corrected chi connectivity index (χ1v) is 8.26. The monoisotopic (exact) mass is 329 g/mol. The Morgan fingerprint density at radius 2 is 2.05 bits per heavy atom. The minimum absolute atomic E-state index is 0.0982. The topological polar surface area (TPSA) is 83.5 Å². The highest BCUT2D eigenvalue weighted by molar-refractivity contribution is 7.91. The molecule has 1 aromatic carbocycles. The van der Waals surface area contributed by atoms with Gasteiger partial charge in [0.2, 0.25) is 0 Å². The number of thiophene rings is 1. The van der Waals surface area contributed by atoms with Gasteiger partial charge in [0.05, 0.1) is 5.56 Å². The molecule has 112 valence electrons. The Labute approximate surface area is 125 Å². The summed E-state index contributed by atoms with van der Waals surface area (Å²) >= 11 is 0.801. The van der Waals surface area contributed by atoms with Crippen molar-refractivity contribution in [3.05, 3.63) is 52.7 Å². The van der Waals surface area contributed by atoms with Crippen LogP contribution in [-0.2, 0) is 10.0 Å². The van der Waals surface area contributed by atoms with Gasteiger partial charge in [0.15, 0.2) is 0 Å². The summed E-state index contributed by atoms with van der Waals surface area (Å²) in [6, 6.07) is 6.15. The number of rotatable bonds is 5. The van der Waals surface area contributed by atoms with Crippen LogP contribution in [0.15, 0.2) is 39.9 Å². The van der Waals surface area contributed by atoms with Crippen molar-refractivity contribution in [2.75, 3.05) is 0 Å². The molecule has 0 bridgehead atoms. The number of benzene rings is 1. The lowest BCUT2D eigenvalue weighted by atomic mass is 10.1. The Bertz CT molecular complexity index is 770. The maximum atomic E-state index is 13.6. The number of sulfonamides is 1. The molecule has 0 aliphatic rings. The fraction of sp³-hybridized carbons (Fsp3) is 0.154. The largest absolute Gasteiger partial charge is 0.478 e. The number of hydrogen-bond donors (Lipinski definition) is 2. The summed E-state index contributed by atoms with van der Waals surface area (Å²) in [6.07, 6.45) is 0. The van der Waals surface area contributed by atoms with Gasteiger partial charge >= 0.3 is 5.97 Å². The lowest BCUT2D eigenvalue weighted by Crippen LogP contribution is -2.26. The van der Waals surface area contributed by atoms with Gasteiger partial charge < -0.3 is 5.11 Å². The second-order valence-corrected chi connectivity index (χ2v) is 7.18. The Morgan fingerprint density at radius 1 is 1.38 bits per heavy atom. The van der Waals surface area contributed by atoms with Crippen molar-refractivity contribution in [2.24, 2.45) is 0 Å². The van der Waals surface area contributed by atoms with Crippen molar-refractivity contribution >= 4 is 27.3 Å². The van der Waals surface area contributed by atoms with E-state index in [1.54, 1.807) is 6.07 Å². The minimum atomic E-state index is -3.90. The first kappa shape index (κ1) is 15.6. The van der Waals surface area contributed by atoms with Gasteiger partial charge in [-0.25, -0.2) is 22.3 Å². The Balaban J connectivity index is 2.24. The summed E-state index contributed by atoms with van der Waals surface area (Å²) in [7, 11) is -3.90. The van der Waals surface area contributed by atoms with Crippen molar-refractivity contribution in [3.8, 4) is 0 Å². The third kappa shape index (κ3) is 3.46. The fourth-order valence-corrected chi connectivity index (χ4v) is 4.14. The van der Waals surface area contributed by atoms with E-state index in [2.05, 4.69) is 4.72 Å². The van der Waals surface area contributed by atoms with E-state index < -0.39 is 27.9 Å². The number of aromatic carboxylic acids is 1. The van der Waals surface area contributed by atoms with Crippen molar-refractivity contribution in [3.63, 3.8) is 0 Å². The number of nitrogens with one attached hydrogen (secondary N) is 1. The predicted octanol–water partition coefficient (Wildman–Crippen LogP) is 2.62. The molecule has 1 aromatic heterocycles. The number of carboxylic acid groups (broad SMARTS) is 1. The molecule has 21 heavy (non-hydrogen) atoms. The van der Waals surface area contributed by atoms with Gasteiger partial charge in [-0.3, -0.25) is 0 Å². The average molecular weight is 329 g/mol. The van der Waals surface area contributed by atoms with E-state index >= 15 is 0 Å². The lowest BCUT2D eigenvalue weighted by molar-refractivity contribution is 0.0697. The maximum Gasteiger partial charge on any atom is 0.336 e. The highest BCUT2D eigenvalue weighted by atomic mass is 32.2. The maximum absolute atomic E-state index is 13.6. The van der Waals surface area contributed by atoms with Crippen LogP contribution in [0.3, 0.4) is 0 Å². The van der Waals surface area contributed by atoms with Crippen LogP contribution >= 0.6 is 11.3 Å². The molecule has 0 unspecified atom stereocenters. The number of carboxylic acids is 1. The number of halogens is 1. The van der Waals surface area contributed by atoms with E-state index in [0.717, 1.165) is 17.4 Å². The predicted molar refractivity (Wildman–Crippen MR) is 76.4 cm³/mol. The van der Waals surface area contributed by atoms with Crippen LogP contribution in [0.25, 0.3) is 0 Å². The van der Waals surface area contributed by atoms with Crippen LogP contribution in [0.1, 0.15) is 28.9 Å². The molecular formula is C13H12FNO4S2. The van der Waals surface area contributed by atoms with E-state index in [1.165, 1.54) is 30.5 Å². The second-order valence-electron chi connectivity index (χ2n) is 4.32. The molecule has 0 aliphatic carbocycles. The summed E-state index contributed by atoms with van der Waals surface area (Å²) in [5.74, 6) is -1.71. The third-order valence-corrected chi connectivity index (χ3v) is 5.77. The van der Waals surface area contributed by atoms with Crippen LogP contribution in [-0.4, -0.2) is 19.5 Å². The molecule has 0 fully saturated rings. The number of hydrogen-bond acceptors (Lipinski definition) is 4. The minimum Gasteiger partial charge on any atom is -0.478 e. The molecule has 5 nitrogen and oxygen atoms in total. The molecule has 0 saturated carbocycles. The van der Waals surface area contributed by atoms with E-state index in [4.69, 9.17) is 5.11 Å². The molecule has 2 aromatic rings. The van der Waals surface area contributed by atoms with E-state index in [1.807, 2.05) is 0 Å². The summed E-state index contributed by atoms with van der Waals surface area (Å²) in [5, 5.41) is 10.0. The van der Waals surface area contributed by atoms with Gasteiger partial charge in [-0.05, 0) is 19.1 Å². The highest BCUT2D eigenvalue weighted by Crippen LogP contribution is 2.23. The molecular weight excluding hydrogens is 317 g/mol. The number of carbonyl (C=O) groups is 1. The molecule has 0 saturated heterocycles. The lowest BCUT2D eigenvalue weighted by Gasteiger charge is -2.14. The Morgan fingerprint density at radius 3 is 2.62 bits per heavy atom. The zero-order valence-electron chi connectivity index (χ0n) is 10.9. The summed E-state index contributed by atoms with van der Waals surface area (Å²) in [5.41, 5.74) is 0.120.